The van der Waals surface area contributed by atoms with E-state index in [1.54, 1.807) is 0 Å². The molecule has 0 spiro atoms. The van der Waals surface area contributed by atoms with Crippen LogP contribution in [0.2, 0.25) is 0 Å². The molecule has 1 atom stereocenters. The molecule has 0 amide bonds. The van der Waals surface area contributed by atoms with Gasteiger partial charge in [-0.1, -0.05) is 0 Å². The molecular weight excluding hydrogens is 306 g/mol. The predicted octanol–water partition coefficient (Wildman–Crippen LogP) is 4.35. The Bertz CT molecular complexity index is 327. The van der Waals surface area contributed by atoms with Gasteiger partial charge in [-0.05, 0) is 59.1 Å². The van der Waals surface area contributed by atoms with Crippen molar-refractivity contribution in [2.24, 2.45) is 5.92 Å². The highest BCUT2D eigenvalue weighted by Crippen LogP contribution is 2.27. The molecule has 0 aromatic carbocycles. The number of hydrogen-bond donors (Lipinski definition) is 0. The van der Waals surface area contributed by atoms with E-state index in [2.05, 4.69) is 32.3 Å². The molecule has 4 heteroatoms. The standard InChI is InChI=1S/C12H17BrClNS/c13-11-4-7-16-12(11)9-15-6-1-2-10(8-15)3-5-14/h4,7,10H,1-3,5-6,8-9H2. The Morgan fingerprint density at radius 2 is 2.44 bits per heavy atom. The van der Waals surface area contributed by atoms with Crippen LogP contribution in [0.4, 0.5) is 0 Å². The molecule has 1 aromatic rings. The smallest absolute Gasteiger partial charge is 0.0339 e. The summed E-state index contributed by atoms with van der Waals surface area (Å²) in [4.78, 5) is 4.02. The molecule has 1 saturated heterocycles. The summed E-state index contributed by atoms with van der Waals surface area (Å²) in [5.41, 5.74) is 0. The van der Waals surface area contributed by atoms with Gasteiger partial charge in [0.25, 0.3) is 0 Å². The van der Waals surface area contributed by atoms with Crippen molar-refractivity contribution in [3.05, 3.63) is 20.8 Å². The minimum absolute atomic E-state index is 0.807. The van der Waals surface area contributed by atoms with Crippen molar-refractivity contribution in [2.75, 3.05) is 19.0 Å². The average molecular weight is 323 g/mol. The number of halogens is 2. The maximum Gasteiger partial charge on any atom is 0.0339 e. The molecule has 0 N–H and O–H groups in total. The Morgan fingerprint density at radius 1 is 1.56 bits per heavy atom. The fourth-order valence-electron chi connectivity index (χ4n) is 2.33. The van der Waals surface area contributed by atoms with Gasteiger partial charge in [0.15, 0.2) is 0 Å². The molecule has 1 aliphatic rings. The van der Waals surface area contributed by atoms with E-state index >= 15 is 0 Å². The van der Waals surface area contributed by atoms with E-state index in [1.807, 2.05) is 11.3 Å². The predicted molar refractivity (Wildman–Crippen MR) is 75.4 cm³/mol. The molecule has 16 heavy (non-hydrogen) atoms. The maximum absolute atomic E-state index is 5.83. The molecule has 1 aliphatic heterocycles. The minimum Gasteiger partial charge on any atom is -0.298 e. The second-order valence-electron chi connectivity index (χ2n) is 4.41. The first-order chi connectivity index (χ1) is 7.79. The third-order valence-corrected chi connectivity index (χ3v) is 5.31. The molecule has 2 heterocycles. The lowest BCUT2D eigenvalue weighted by atomic mass is 9.95. The fourth-order valence-corrected chi connectivity index (χ4v) is 4.15. The van der Waals surface area contributed by atoms with Gasteiger partial charge in [-0.2, -0.15) is 0 Å². The van der Waals surface area contributed by atoms with E-state index in [4.69, 9.17) is 11.6 Å². The number of thiophene rings is 1. The minimum atomic E-state index is 0.807. The topological polar surface area (TPSA) is 3.24 Å². The van der Waals surface area contributed by atoms with Crippen LogP contribution in [-0.4, -0.2) is 23.9 Å². The van der Waals surface area contributed by atoms with Crippen LogP contribution in [0.1, 0.15) is 24.1 Å². The van der Waals surface area contributed by atoms with Crippen molar-refractivity contribution in [1.82, 2.24) is 4.90 Å². The van der Waals surface area contributed by atoms with Gasteiger partial charge in [-0.25, -0.2) is 0 Å². The largest absolute Gasteiger partial charge is 0.298 e. The first-order valence-corrected chi connectivity index (χ1v) is 8.00. The summed E-state index contributed by atoms with van der Waals surface area (Å²) in [5.74, 6) is 1.62. The molecule has 0 radical (unpaired) electrons. The van der Waals surface area contributed by atoms with Crippen molar-refractivity contribution in [1.29, 1.82) is 0 Å². The van der Waals surface area contributed by atoms with Crippen LogP contribution in [-0.2, 0) is 6.54 Å². The number of hydrogen-bond acceptors (Lipinski definition) is 2. The Morgan fingerprint density at radius 3 is 3.12 bits per heavy atom. The van der Waals surface area contributed by atoms with Crippen molar-refractivity contribution < 1.29 is 0 Å². The molecule has 0 aliphatic carbocycles. The van der Waals surface area contributed by atoms with E-state index in [0.717, 1.165) is 18.3 Å². The van der Waals surface area contributed by atoms with Gasteiger partial charge in [0.2, 0.25) is 0 Å². The summed E-state index contributed by atoms with van der Waals surface area (Å²) in [6.07, 6.45) is 3.85. The second kappa shape index (κ2) is 6.39. The van der Waals surface area contributed by atoms with Gasteiger partial charge in [-0.3, -0.25) is 4.90 Å². The molecule has 1 fully saturated rings. The lowest BCUT2D eigenvalue weighted by Crippen LogP contribution is -2.34. The highest BCUT2D eigenvalue weighted by Gasteiger charge is 2.20. The zero-order valence-electron chi connectivity index (χ0n) is 9.29. The summed E-state index contributed by atoms with van der Waals surface area (Å²) in [6, 6.07) is 2.14. The van der Waals surface area contributed by atoms with E-state index in [9.17, 15) is 0 Å². The van der Waals surface area contributed by atoms with Crippen molar-refractivity contribution >= 4 is 38.9 Å². The Balaban J connectivity index is 1.88. The molecule has 90 valence electrons. The number of nitrogens with zero attached hydrogens (tertiary/aromatic N) is 1. The number of rotatable bonds is 4. The summed E-state index contributed by atoms with van der Waals surface area (Å²) < 4.78 is 1.26. The van der Waals surface area contributed by atoms with Gasteiger partial charge in [-0.15, -0.1) is 22.9 Å². The molecule has 0 saturated carbocycles. The second-order valence-corrected chi connectivity index (χ2v) is 6.65. The van der Waals surface area contributed by atoms with Gasteiger partial charge < -0.3 is 0 Å². The van der Waals surface area contributed by atoms with Crippen molar-refractivity contribution in [3.63, 3.8) is 0 Å². The monoisotopic (exact) mass is 321 g/mol. The molecule has 1 aromatic heterocycles. The number of likely N-dealkylation sites (tertiary alicyclic amines) is 1. The lowest BCUT2D eigenvalue weighted by Gasteiger charge is -2.32. The van der Waals surface area contributed by atoms with Gasteiger partial charge in [0.05, 0.1) is 0 Å². The van der Waals surface area contributed by atoms with Crippen molar-refractivity contribution in [3.8, 4) is 0 Å². The van der Waals surface area contributed by atoms with Crippen LogP contribution >= 0.6 is 38.9 Å². The van der Waals surface area contributed by atoms with E-state index in [0.29, 0.717) is 0 Å². The van der Waals surface area contributed by atoms with E-state index < -0.39 is 0 Å². The molecular formula is C12H17BrClNS. The zero-order chi connectivity index (χ0) is 11.4. The number of piperidine rings is 1. The molecule has 1 unspecified atom stereocenters. The Labute approximate surface area is 115 Å². The quantitative estimate of drug-likeness (QED) is 0.745. The lowest BCUT2D eigenvalue weighted by molar-refractivity contribution is 0.166. The van der Waals surface area contributed by atoms with Crippen LogP contribution in [0, 0.1) is 5.92 Å². The van der Waals surface area contributed by atoms with Crippen LogP contribution in [0.5, 0.6) is 0 Å². The normalized spacial score (nSPS) is 22.5. The first kappa shape index (κ1) is 12.9. The number of alkyl halides is 1. The van der Waals surface area contributed by atoms with Crippen LogP contribution < -0.4 is 0 Å². The van der Waals surface area contributed by atoms with E-state index in [-0.39, 0.29) is 0 Å². The van der Waals surface area contributed by atoms with E-state index in [1.165, 1.54) is 41.7 Å². The SMILES string of the molecule is ClCCC1CCCN(Cc2sccc2Br)C1. The highest BCUT2D eigenvalue weighted by atomic mass is 79.9. The fraction of sp³-hybridized carbons (Fsp3) is 0.667. The Hall–Kier alpha value is 0.430. The Kier molecular flexibility index (Phi) is 5.14. The summed E-state index contributed by atoms with van der Waals surface area (Å²) in [5, 5.41) is 2.15. The third-order valence-electron chi connectivity index (χ3n) is 3.18. The molecule has 0 bridgehead atoms. The van der Waals surface area contributed by atoms with Crippen molar-refractivity contribution in [2.45, 2.75) is 25.8 Å². The zero-order valence-corrected chi connectivity index (χ0v) is 12.5. The molecule has 1 nitrogen and oxygen atoms in total. The summed E-state index contributed by atoms with van der Waals surface area (Å²) in [6.45, 7) is 3.55. The van der Waals surface area contributed by atoms with Crippen LogP contribution in [0.3, 0.4) is 0 Å². The highest BCUT2D eigenvalue weighted by molar-refractivity contribution is 9.10. The summed E-state index contributed by atoms with van der Waals surface area (Å²) in [7, 11) is 0. The average Bonchev–Trinajstić information content (AvgIpc) is 2.66. The first-order valence-electron chi connectivity index (χ1n) is 5.80. The molecule has 2 rings (SSSR count). The third kappa shape index (κ3) is 3.46. The van der Waals surface area contributed by atoms with Crippen LogP contribution in [0.25, 0.3) is 0 Å². The van der Waals surface area contributed by atoms with Gasteiger partial charge in [0.1, 0.15) is 0 Å². The summed E-state index contributed by atoms with van der Waals surface area (Å²) >= 11 is 11.3. The maximum atomic E-state index is 5.83. The van der Waals surface area contributed by atoms with Gasteiger partial charge in [0, 0.05) is 28.3 Å². The van der Waals surface area contributed by atoms with Crippen LogP contribution in [0.15, 0.2) is 15.9 Å². The van der Waals surface area contributed by atoms with Gasteiger partial charge >= 0.3 is 0 Å².